The Hall–Kier alpha value is -2.45. The summed E-state index contributed by atoms with van der Waals surface area (Å²) in [5.41, 5.74) is 6.05. The maximum absolute atomic E-state index is 13.8. The fraction of sp³-hybridized carbons (Fsp3) is 0.222. The molecule has 5 N–H and O–H groups in total. The number of nitrogens with two attached hydrogens (primary N) is 2. The first-order valence-corrected chi connectivity index (χ1v) is 8.93. The number of nitrogens with one attached hydrogen (secondary N) is 1. The van der Waals surface area contributed by atoms with Gasteiger partial charge in [0, 0.05) is 16.5 Å². The van der Waals surface area contributed by atoms with Crippen molar-refractivity contribution in [2.75, 3.05) is 17.6 Å². The number of carbonyl (C=O) groups excluding carboxylic acids is 2. The summed E-state index contributed by atoms with van der Waals surface area (Å²) >= 11 is 1.24. The summed E-state index contributed by atoms with van der Waals surface area (Å²) in [6.07, 6.45) is 0. The molecule has 138 valence electrons. The zero-order chi connectivity index (χ0) is 19.1. The molecule has 2 aromatic rings. The van der Waals surface area contributed by atoms with Crippen LogP contribution in [0.3, 0.4) is 0 Å². The standard InChI is InChI=1S/C18H19F2N3O2S/c1-11(13-7-6-12(19)8-14(13)20)22-9-18(25)23-15-4-2-3-5-16(15)26-10-17(21)24/h2-8,11,22H,9-10H2,1H3,(H2,21,24)(H,23,25)/p+1/t11-/m1/s1. The zero-order valence-corrected chi connectivity index (χ0v) is 15.0. The quantitative estimate of drug-likeness (QED) is 0.610. The van der Waals surface area contributed by atoms with Crippen LogP contribution >= 0.6 is 11.8 Å². The molecule has 0 spiro atoms. The molecule has 0 heterocycles. The van der Waals surface area contributed by atoms with E-state index in [-0.39, 0.29) is 24.2 Å². The number of halogens is 2. The molecule has 1 atom stereocenters. The molecular weight excluding hydrogens is 360 g/mol. The lowest BCUT2D eigenvalue weighted by atomic mass is 10.1. The van der Waals surface area contributed by atoms with Gasteiger partial charge in [0.15, 0.2) is 6.54 Å². The van der Waals surface area contributed by atoms with Crippen molar-refractivity contribution < 1.29 is 23.7 Å². The highest BCUT2D eigenvalue weighted by atomic mass is 32.2. The van der Waals surface area contributed by atoms with Gasteiger partial charge in [-0.05, 0) is 31.2 Å². The van der Waals surface area contributed by atoms with Crippen LogP contribution < -0.4 is 16.4 Å². The average Bonchev–Trinajstić information content (AvgIpc) is 2.59. The smallest absolute Gasteiger partial charge is 0.279 e. The largest absolute Gasteiger partial charge is 0.369 e. The molecule has 0 unspecified atom stereocenters. The summed E-state index contributed by atoms with van der Waals surface area (Å²) < 4.78 is 26.7. The third-order valence-electron chi connectivity index (χ3n) is 3.64. The van der Waals surface area contributed by atoms with Gasteiger partial charge in [0.1, 0.15) is 17.7 Å². The molecule has 0 aromatic heterocycles. The van der Waals surface area contributed by atoms with Crippen molar-refractivity contribution in [2.45, 2.75) is 17.9 Å². The van der Waals surface area contributed by atoms with Crippen LogP contribution in [-0.4, -0.2) is 24.1 Å². The molecule has 2 aromatic carbocycles. The van der Waals surface area contributed by atoms with Crippen molar-refractivity contribution in [3.8, 4) is 0 Å². The zero-order valence-electron chi connectivity index (χ0n) is 14.2. The van der Waals surface area contributed by atoms with Gasteiger partial charge in [0.25, 0.3) is 5.91 Å². The first kappa shape index (κ1) is 19.9. The summed E-state index contributed by atoms with van der Waals surface area (Å²) in [4.78, 5) is 23.8. The molecule has 0 bridgehead atoms. The van der Waals surface area contributed by atoms with E-state index in [1.807, 2.05) is 0 Å². The van der Waals surface area contributed by atoms with Gasteiger partial charge in [-0.25, -0.2) is 8.78 Å². The van der Waals surface area contributed by atoms with E-state index in [2.05, 4.69) is 5.32 Å². The summed E-state index contributed by atoms with van der Waals surface area (Å²) in [5.74, 6) is -1.88. The number of benzene rings is 2. The summed E-state index contributed by atoms with van der Waals surface area (Å²) in [5, 5.41) is 4.43. The number of para-hydroxylation sites is 1. The Bertz CT molecular complexity index is 802. The SMILES string of the molecule is C[C@@H]([NH2+]CC(=O)Nc1ccccc1SCC(N)=O)c1ccc(F)cc1F. The number of quaternary nitrogens is 1. The van der Waals surface area contributed by atoms with E-state index in [1.54, 1.807) is 36.5 Å². The Morgan fingerprint density at radius 1 is 1.23 bits per heavy atom. The van der Waals surface area contributed by atoms with Gasteiger partial charge < -0.3 is 16.4 Å². The fourth-order valence-electron chi connectivity index (χ4n) is 2.33. The molecule has 2 rings (SSSR count). The number of anilines is 1. The maximum Gasteiger partial charge on any atom is 0.279 e. The molecule has 0 saturated carbocycles. The molecule has 0 aliphatic carbocycles. The number of hydrogen-bond donors (Lipinski definition) is 3. The molecular formula is C18H20F2N3O2S+. The van der Waals surface area contributed by atoms with E-state index in [4.69, 9.17) is 5.73 Å². The number of carbonyl (C=O) groups is 2. The van der Waals surface area contributed by atoms with Crippen LogP contribution in [-0.2, 0) is 9.59 Å². The van der Waals surface area contributed by atoms with Crippen LogP contribution in [0.25, 0.3) is 0 Å². The van der Waals surface area contributed by atoms with E-state index >= 15 is 0 Å². The molecule has 8 heteroatoms. The summed E-state index contributed by atoms with van der Waals surface area (Å²) in [6, 6.07) is 10.1. The average molecular weight is 380 g/mol. The fourth-order valence-corrected chi connectivity index (χ4v) is 3.07. The van der Waals surface area contributed by atoms with Gasteiger partial charge in [0.05, 0.1) is 11.4 Å². The van der Waals surface area contributed by atoms with Crippen molar-refractivity contribution in [3.05, 3.63) is 59.7 Å². The Kier molecular flexibility index (Phi) is 7.11. The minimum absolute atomic E-state index is 0.0623. The molecule has 2 amide bonds. The van der Waals surface area contributed by atoms with E-state index in [1.165, 1.54) is 23.9 Å². The number of rotatable bonds is 8. The first-order chi connectivity index (χ1) is 12.4. The predicted octanol–water partition coefficient (Wildman–Crippen LogP) is 1.81. The molecule has 26 heavy (non-hydrogen) atoms. The van der Waals surface area contributed by atoms with Gasteiger partial charge in [0.2, 0.25) is 5.91 Å². The van der Waals surface area contributed by atoms with Crippen molar-refractivity contribution >= 4 is 29.3 Å². The number of primary amides is 1. The van der Waals surface area contributed by atoms with Gasteiger partial charge in [-0.2, -0.15) is 0 Å². The highest BCUT2D eigenvalue weighted by Gasteiger charge is 2.16. The highest BCUT2D eigenvalue weighted by Crippen LogP contribution is 2.26. The molecule has 0 radical (unpaired) electrons. The van der Waals surface area contributed by atoms with E-state index in [0.29, 0.717) is 11.3 Å². The number of hydrogen-bond acceptors (Lipinski definition) is 3. The molecule has 5 nitrogen and oxygen atoms in total. The number of amides is 2. The van der Waals surface area contributed by atoms with Crippen molar-refractivity contribution in [1.82, 2.24) is 0 Å². The van der Waals surface area contributed by atoms with Crippen molar-refractivity contribution in [3.63, 3.8) is 0 Å². The lowest BCUT2D eigenvalue weighted by Crippen LogP contribution is -2.86. The molecule has 0 fully saturated rings. The Labute approximate surface area is 154 Å². The van der Waals surface area contributed by atoms with Gasteiger partial charge in [-0.1, -0.05) is 12.1 Å². The topological polar surface area (TPSA) is 88.8 Å². The maximum atomic E-state index is 13.8. The lowest BCUT2D eigenvalue weighted by Gasteiger charge is -2.13. The van der Waals surface area contributed by atoms with E-state index in [9.17, 15) is 18.4 Å². The Morgan fingerprint density at radius 3 is 2.65 bits per heavy atom. The third kappa shape index (κ3) is 5.82. The highest BCUT2D eigenvalue weighted by molar-refractivity contribution is 8.00. The lowest BCUT2D eigenvalue weighted by molar-refractivity contribution is -0.682. The van der Waals surface area contributed by atoms with Crippen LogP contribution in [0.4, 0.5) is 14.5 Å². The second-order valence-electron chi connectivity index (χ2n) is 5.69. The Balaban J connectivity index is 1.93. The Morgan fingerprint density at radius 2 is 1.96 bits per heavy atom. The van der Waals surface area contributed by atoms with Crippen LogP contribution in [0, 0.1) is 11.6 Å². The summed E-state index contributed by atoms with van der Waals surface area (Å²) in [7, 11) is 0. The van der Waals surface area contributed by atoms with Gasteiger partial charge in [-0.15, -0.1) is 11.8 Å². The normalized spacial score (nSPS) is 11.8. The molecule has 0 aliphatic rings. The van der Waals surface area contributed by atoms with Crippen LogP contribution in [0.15, 0.2) is 47.4 Å². The number of thioether (sulfide) groups is 1. The monoisotopic (exact) mass is 380 g/mol. The molecule has 0 saturated heterocycles. The second kappa shape index (κ2) is 9.30. The van der Waals surface area contributed by atoms with Crippen molar-refractivity contribution in [1.29, 1.82) is 0 Å². The minimum atomic E-state index is -0.638. The second-order valence-corrected chi connectivity index (χ2v) is 6.71. The van der Waals surface area contributed by atoms with E-state index in [0.717, 1.165) is 11.0 Å². The van der Waals surface area contributed by atoms with Gasteiger partial charge >= 0.3 is 0 Å². The van der Waals surface area contributed by atoms with Crippen molar-refractivity contribution in [2.24, 2.45) is 5.73 Å². The van der Waals surface area contributed by atoms with Crippen LogP contribution in [0.2, 0.25) is 0 Å². The van der Waals surface area contributed by atoms with E-state index < -0.39 is 17.5 Å². The first-order valence-electron chi connectivity index (χ1n) is 7.95. The predicted molar refractivity (Wildman–Crippen MR) is 96.6 cm³/mol. The molecule has 0 aliphatic heterocycles. The minimum Gasteiger partial charge on any atom is -0.369 e. The van der Waals surface area contributed by atoms with Crippen LogP contribution in [0.1, 0.15) is 18.5 Å². The summed E-state index contributed by atoms with van der Waals surface area (Å²) in [6.45, 7) is 1.80. The van der Waals surface area contributed by atoms with Gasteiger partial charge in [-0.3, -0.25) is 9.59 Å². The third-order valence-corrected chi connectivity index (χ3v) is 4.74. The van der Waals surface area contributed by atoms with Crippen LogP contribution in [0.5, 0.6) is 0 Å².